The van der Waals surface area contributed by atoms with Gasteiger partial charge in [-0.1, -0.05) is 203 Å². The highest BCUT2D eigenvalue weighted by Gasteiger charge is 2.44. The zero-order valence-corrected chi connectivity index (χ0v) is 46.6. The van der Waals surface area contributed by atoms with E-state index in [4.69, 9.17) is 14.2 Å². The number of aliphatic hydroxyl groups excluding tert-OH is 5. The van der Waals surface area contributed by atoms with Crippen LogP contribution >= 0.6 is 0 Å². The van der Waals surface area contributed by atoms with Gasteiger partial charge < -0.3 is 45.1 Å². The largest absolute Gasteiger partial charge is 0.466 e. The lowest BCUT2D eigenvalue weighted by Crippen LogP contribution is -2.60. The highest BCUT2D eigenvalue weighted by Crippen LogP contribution is 2.23. The van der Waals surface area contributed by atoms with Crippen molar-refractivity contribution in [1.29, 1.82) is 0 Å². The van der Waals surface area contributed by atoms with Crippen molar-refractivity contribution in [2.24, 2.45) is 0 Å². The number of esters is 1. The maximum atomic E-state index is 13.0. The second-order valence-corrected chi connectivity index (χ2v) is 20.7. The highest BCUT2D eigenvalue weighted by atomic mass is 16.7. The number of hydrogen-bond donors (Lipinski definition) is 6. The Hall–Kier alpha value is -2.64. The average molecular weight is 1030 g/mol. The fourth-order valence-corrected chi connectivity index (χ4v) is 9.11. The van der Waals surface area contributed by atoms with Crippen molar-refractivity contribution in [2.45, 2.75) is 301 Å². The van der Waals surface area contributed by atoms with Gasteiger partial charge in [0.15, 0.2) is 6.29 Å². The quantitative estimate of drug-likeness (QED) is 0.0195. The van der Waals surface area contributed by atoms with Gasteiger partial charge >= 0.3 is 5.97 Å². The number of rotatable bonds is 51. The molecule has 0 aromatic rings. The van der Waals surface area contributed by atoms with Crippen LogP contribution in [0.5, 0.6) is 0 Å². The lowest BCUT2D eigenvalue weighted by Gasteiger charge is -2.40. The number of amides is 1. The van der Waals surface area contributed by atoms with Crippen LogP contribution in [0, 0.1) is 0 Å². The van der Waals surface area contributed by atoms with Crippen molar-refractivity contribution in [1.82, 2.24) is 5.32 Å². The summed E-state index contributed by atoms with van der Waals surface area (Å²) in [5.74, 6) is -0.220. The highest BCUT2D eigenvalue weighted by molar-refractivity contribution is 5.76. The number of carbonyl (C=O) groups excluding carboxylic acids is 2. The summed E-state index contributed by atoms with van der Waals surface area (Å²) in [7, 11) is 0. The minimum Gasteiger partial charge on any atom is -0.466 e. The molecule has 7 atom stereocenters. The molecule has 0 radical (unpaired) electrons. The van der Waals surface area contributed by atoms with Gasteiger partial charge in [0, 0.05) is 12.8 Å². The summed E-state index contributed by atoms with van der Waals surface area (Å²) < 4.78 is 16.6. The molecule has 1 rings (SSSR count). The standard InChI is InChI=1S/C62H111NO10/c1-3-5-7-9-11-13-14-15-27-30-34-38-42-46-50-58(67)71-51-47-43-39-35-31-28-25-23-21-19-17-16-18-20-22-24-26-29-33-37-41-45-49-57(66)63-54(55(65)48-44-40-36-32-12-10-8-6-4-2)53-72-62-61(70)60(69)59(68)56(52-64)73-62/h4,6,12,14-15,18,20,32,44,48,54-56,59-62,64-65,68-70H,3,5,7-11,13,16-17,19,21-31,33-43,45-47,49-53H2,1-2H3,(H,63,66)/b6-4+,15-14-,20-18-,32-12+,48-44+. The molecule has 73 heavy (non-hydrogen) atoms. The summed E-state index contributed by atoms with van der Waals surface area (Å²) in [4.78, 5) is 25.0. The third-order valence-electron chi connectivity index (χ3n) is 13.9. The van der Waals surface area contributed by atoms with E-state index >= 15 is 0 Å². The molecule has 0 bridgehead atoms. The van der Waals surface area contributed by atoms with Crippen molar-refractivity contribution in [3.63, 3.8) is 0 Å². The van der Waals surface area contributed by atoms with E-state index in [9.17, 15) is 35.1 Å². The molecular formula is C62H111NO10. The van der Waals surface area contributed by atoms with Crippen LogP contribution in [0.2, 0.25) is 0 Å². The topological polar surface area (TPSA) is 175 Å². The van der Waals surface area contributed by atoms with E-state index in [1.165, 1.54) is 148 Å². The van der Waals surface area contributed by atoms with Gasteiger partial charge in [-0.15, -0.1) is 0 Å². The first-order valence-electron chi connectivity index (χ1n) is 30.0. The maximum absolute atomic E-state index is 13.0. The van der Waals surface area contributed by atoms with Gasteiger partial charge in [-0.2, -0.15) is 0 Å². The predicted molar refractivity (Wildman–Crippen MR) is 301 cm³/mol. The van der Waals surface area contributed by atoms with Crippen molar-refractivity contribution in [2.75, 3.05) is 19.8 Å². The first-order valence-corrected chi connectivity index (χ1v) is 30.0. The SMILES string of the molecule is C/C=C/CC/C=C/CC/C=C/C(O)C(COC1OC(CO)C(O)C(O)C1O)NC(=O)CCCCCCCCC/C=C\CCCCCCCCCCCCCOC(=O)CCCCCCC/C=C\CCCCCCC. The van der Waals surface area contributed by atoms with Crippen LogP contribution in [-0.2, 0) is 23.8 Å². The normalized spacial score (nSPS) is 19.4. The Kier molecular flexibility index (Phi) is 48.2. The van der Waals surface area contributed by atoms with Crippen LogP contribution in [0.15, 0.2) is 60.8 Å². The molecule has 6 N–H and O–H groups in total. The summed E-state index contributed by atoms with van der Waals surface area (Å²) in [5, 5.41) is 54.1. The first kappa shape index (κ1) is 68.4. The molecular weight excluding hydrogens is 919 g/mol. The second-order valence-electron chi connectivity index (χ2n) is 20.7. The van der Waals surface area contributed by atoms with Gasteiger partial charge in [0.1, 0.15) is 24.4 Å². The van der Waals surface area contributed by atoms with Crippen LogP contribution < -0.4 is 5.32 Å². The number of nitrogens with one attached hydrogen (secondary N) is 1. The minimum atomic E-state index is -1.58. The van der Waals surface area contributed by atoms with Crippen LogP contribution in [0.4, 0.5) is 0 Å². The summed E-state index contributed by atoms with van der Waals surface area (Å²) in [6, 6.07) is -0.839. The molecule has 1 aliphatic heterocycles. The van der Waals surface area contributed by atoms with E-state index in [1.807, 2.05) is 19.1 Å². The molecule has 11 heteroatoms. The fourth-order valence-electron chi connectivity index (χ4n) is 9.11. The van der Waals surface area contributed by atoms with Crippen molar-refractivity contribution >= 4 is 11.9 Å². The Morgan fingerprint density at radius 1 is 0.521 bits per heavy atom. The summed E-state index contributed by atoms with van der Waals surface area (Å²) in [5.41, 5.74) is 0. The van der Waals surface area contributed by atoms with E-state index in [-0.39, 0.29) is 18.5 Å². The van der Waals surface area contributed by atoms with Crippen LogP contribution in [-0.4, -0.2) is 100 Å². The van der Waals surface area contributed by atoms with E-state index in [0.717, 1.165) is 77.0 Å². The zero-order valence-electron chi connectivity index (χ0n) is 46.6. The number of ether oxygens (including phenoxy) is 3. The number of allylic oxidation sites excluding steroid dienone is 9. The van der Waals surface area contributed by atoms with Crippen LogP contribution in [0.3, 0.4) is 0 Å². The smallest absolute Gasteiger partial charge is 0.305 e. The van der Waals surface area contributed by atoms with Gasteiger partial charge in [0.25, 0.3) is 0 Å². The van der Waals surface area contributed by atoms with Crippen LogP contribution in [0.1, 0.15) is 258 Å². The van der Waals surface area contributed by atoms with E-state index in [2.05, 4.69) is 54.8 Å². The van der Waals surface area contributed by atoms with Gasteiger partial charge in [0.05, 0.1) is 32.0 Å². The van der Waals surface area contributed by atoms with E-state index in [0.29, 0.717) is 25.9 Å². The third-order valence-corrected chi connectivity index (χ3v) is 13.9. The molecule has 0 aromatic heterocycles. The van der Waals surface area contributed by atoms with Gasteiger partial charge in [-0.3, -0.25) is 9.59 Å². The molecule has 0 aromatic carbocycles. The number of hydrogen-bond acceptors (Lipinski definition) is 10. The molecule has 0 spiro atoms. The molecule has 7 unspecified atom stereocenters. The minimum absolute atomic E-state index is 0.0127. The Bertz CT molecular complexity index is 1400. The van der Waals surface area contributed by atoms with Crippen molar-refractivity contribution in [3.8, 4) is 0 Å². The Labute approximate surface area is 446 Å². The predicted octanol–water partition coefficient (Wildman–Crippen LogP) is 13.8. The summed E-state index contributed by atoms with van der Waals surface area (Å²) in [6.45, 7) is 4.06. The Balaban J connectivity index is 2.01. The molecule has 1 heterocycles. The number of carbonyl (C=O) groups is 2. The lowest BCUT2D eigenvalue weighted by molar-refractivity contribution is -0.302. The lowest BCUT2D eigenvalue weighted by atomic mass is 9.99. The van der Waals surface area contributed by atoms with E-state index in [1.54, 1.807) is 6.08 Å². The molecule has 1 aliphatic rings. The number of unbranched alkanes of at least 4 members (excludes halogenated alkanes) is 30. The molecule has 1 fully saturated rings. The molecule has 0 aliphatic carbocycles. The Morgan fingerprint density at radius 3 is 1.44 bits per heavy atom. The molecule has 424 valence electrons. The zero-order chi connectivity index (χ0) is 53.1. The summed E-state index contributed by atoms with van der Waals surface area (Å²) >= 11 is 0. The molecule has 1 saturated heterocycles. The van der Waals surface area contributed by atoms with Crippen LogP contribution in [0.25, 0.3) is 0 Å². The second kappa shape index (κ2) is 51.5. The van der Waals surface area contributed by atoms with Gasteiger partial charge in [0.2, 0.25) is 5.91 Å². The molecule has 1 amide bonds. The average Bonchev–Trinajstić information content (AvgIpc) is 3.39. The molecule has 11 nitrogen and oxygen atoms in total. The first-order chi connectivity index (χ1) is 35.7. The van der Waals surface area contributed by atoms with Gasteiger partial charge in [-0.05, 0) is 103 Å². The summed E-state index contributed by atoms with van der Waals surface area (Å²) in [6.07, 6.45) is 56.4. The number of aliphatic hydroxyl groups is 5. The van der Waals surface area contributed by atoms with E-state index < -0.39 is 49.5 Å². The Morgan fingerprint density at radius 2 is 0.945 bits per heavy atom. The monoisotopic (exact) mass is 1030 g/mol. The maximum Gasteiger partial charge on any atom is 0.305 e. The molecule has 0 saturated carbocycles. The third kappa shape index (κ3) is 41.2. The fraction of sp³-hybridized carbons (Fsp3) is 0.806. The van der Waals surface area contributed by atoms with Crippen molar-refractivity contribution < 1.29 is 49.3 Å². The van der Waals surface area contributed by atoms with Crippen molar-refractivity contribution in [3.05, 3.63) is 60.8 Å². The van der Waals surface area contributed by atoms with Gasteiger partial charge in [-0.25, -0.2) is 0 Å².